The predicted molar refractivity (Wildman–Crippen MR) is 95.8 cm³/mol. The smallest absolute Gasteiger partial charge is 0.416 e. The number of amides is 1. The predicted octanol–water partition coefficient (Wildman–Crippen LogP) is 3.78. The van der Waals surface area contributed by atoms with Crippen molar-refractivity contribution in [3.63, 3.8) is 0 Å². The third-order valence-corrected chi connectivity index (χ3v) is 5.09. The monoisotopic (exact) mass is 401 g/mol. The average molecular weight is 401 g/mol. The molecule has 0 aliphatic carbocycles. The van der Waals surface area contributed by atoms with E-state index in [9.17, 15) is 23.1 Å². The summed E-state index contributed by atoms with van der Waals surface area (Å²) in [6.45, 7) is 5.75. The molecule has 156 valence electrons. The molecule has 3 rings (SSSR count). The van der Waals surface area contributed by atoms with Crippen molar-refractivity contribution in [2.24, 2.45) is 0 Å². The second-order valence-electron chi connectivity index (χ2n) is 8.70. The van der Waals surface area contributed by atoms with Gasteiger partial charge < -0.3 is 14.6 Å². The van der Waals surface area contributed by atoms with Gasteiger partial charge in [0.05, 0.1) is 36.5 Å². The molecule has 5 nitrogen and oxygen atoms in total. The van der Waals surface area contributed by atoms with Gasteiger partial charge in [0.2, 0.25) is 0 Å². The van der Waals surface area contributed by atoms with Crippen LogP contribution in [0.15, 0.2) is 24.3 Å². The van der Waals surface area contributed by atoms with Crippen molar-refractivity contribution in [1.82, 2.24) is 4.90 Å². The van der Waals surface area contributed by atoms with Crippen molar-refractivity contribution in [3.05, 3.63) is 35.4 Å². The highest BCUT2D eigenvalue weighted by atomic mass is 19.4. The van der Waals surface area contributed by atoms with Crippen LogP contribution in [0.3, 0.4) is 0 Å². The molecule has 0 spiro atoms. The van der Waals surface area contributed by atoms with Crippen LogP contribution in [-0.4, -0.2) is 52.6 Å². The Morgan fingerprint density at radius 2 is 1.79 bits per heavy atom. The van der Waals surface area contributed by atoms with E-state index in [0.717, 1.165) is 6.07 Å². The number of ether oxygens (including phenoxy) is 2. The Kier molecular flexibility index (Phi) is 5.40. The Morgan fingerprint density at radius 1 is 1.21 bits per heavy atom. The zero-order valence-corrected chi connectivity index (χ0v) is 16.3. The summed E-state index contributed by atoms with van der Waals surface area (Å²) in [6, 6.07) is 4.42. The Hall–Kier alpha value is -1.80. The van der Waals surface area contributed by atoms with Gasteiger partial charge in [0.15, 0.2) is 0 Å². The van der Waals surface area contributed by atoms with E-state index < -0.39 is 41.1 Å². The molecule has 0 radical (unpaired) electrons. The van der Waals surface area contributed by atoms with Crippen molar-refractivity contribution >= 4 is 6.09 Å². The van der Waals surface area contributed by atoms with Gasteiger partial charge in [-0.25, -0.2) is 4.79 Å². The fourth-order valence-corrected chi connectivity index (χ4v) is 4.14. The van der Waals surface area contributed by atoms with Crippen molar-refractivity contribution in [2.75, 3.05) is 13.2 Å². The Labute approximate surface area is 162 Å². The molecule has 2 unspecified atom stereocenters. The summed E-state index contributed by atoms with van der Waals surface area (Å²) in [5.41, 5.74) is -2.69. The standard InChI is InChI=1S/C20H26F3NO4/c1-18(2,3)28-17(25)24-14-9-19(26,10-15(24)12-27-11-14)8-13-6-4-5-7-16(13)20(21,22)23/h4-7,14-15,26H,8-12H2,1-3H3. The van der Waals surface area contributed by atoms with Gasteiger partial charge in [-0.3, -0.25) is 4.90 Å². The van der Waals surface area contributed by atoms with Crippen LogP contribution in [0, 0.1) is 0 Å². The van der Waals surface area contributed by atoms with E-state index in [4.69, 9.17) is 9.47 Å². The maximum atomic E-state index is 13.3. The first kappa shape index (κ1) is 20.9. The van der Waals surface area contributed by atoms with E-state index in [1.807, 2.05) is 0 Å². The van der Waals surface area contributed by atoms with Gasteiger partial charge in [0, 0.05) is 6.42 Å². The van der Waals surface area contributed by atoms with Crippen molar-refractivity contribution < 1.29 is 32.5 Å². The molecule has 1 aromatic carbocycles. The van der Waals surface area contributed by atoms with Crippen molar-refractivity contribution in [2.45, 2.75) is 69.5 Å². The van der Waals surface area contributed by atoms with Crippen LogP contribution in [0.1, 0.15) is 44.7 Å². The normalized spacial score (nSPS) is 28.2. The topological polar surface area (TPSA) is 59.0 Å². The molecule has 2 saturated heterocycles. The van der Waals surface area contributed by atoms with E-state index in [2.05, 4.69) is 0 Å². The molecular formula is C20H26F3NO4. The van der Waals surface area contributed by atoms with Crippen molar-refractivity contribution in [3.8, 4) is 0 Å². The lowest BCUT2D eigenvalue weighted by Gasteiger charge is -2.51. The van der Waals surface area contributed by atoms with Crippen LogP contribution in [0.4, 0.5) is 18.0 Å². The number of hydrogen-bond acceptors (Lipinski definition) is 4. The van der Waals surface area contributed by atoms with Crippen LogP contribution >= 0.6 is 0 Å². The fourth-order valence-electron chi connectivity index (χ4n) is 4.14. The zero-order chi connectivity index (χ0) is 20.7. The largest absolute Gasteiger partial charge is 0.444 e. The highest BCUT2D eigenvalue weighted by Gasteiger charge is 2.49. The lowest BCUT2D eigenvalue weighted by molar-refractivity contribution is -0.143. The highest BCUT2D eigenvalue weighted by molar-refractivity contribution is 5.69. The summed E-state index contributed by atoms with van der Waals surface area (Å²) in [4.78, 5) is 14.2. The number of carbonyl (C=O) groups excluding carboxylic acids is 1. The molecule has 2 bridgehead atoms. The van der Waals surface area contributed by atoms with Gasteiger partial charge in [-0.15, -0.1) is 0 Å². The molecule has 8 heteroatoms. The van der Waals surface area contributed by atoms with Gasteiger partial charge in [-0.05, 0) is 45.2 Å². The molecule has 2 atom stereocenters. The van der Waals surface area contributed by atoms with Gasteiger partial charge >= 0.3 is 12.3 Å². The number of alkyl halides is 3. The number of nitrogens with zero attached hydrogens (tertiary/aromatic N) is 1. The maximum Gasteiger partial charge on any atom is 0.416 e. The summed E-state index contributed by atoms with van der Waals surface area (Å²) in [5, 5.41) is 11.2. The number of rotatable bonds is 2. The summed E-state index contributed by atoms with van der Waals surface area (Å²) in [6.07, 6.45) is -4.83. The zero-order valence-electron chi connectivity index (χ0n) is 16.3. The first-order chi connectivity index (χ1) is 12.9. The fraction of sp³-hybridized carbons (Fsp3) is 0.650. The molecule has 1 amide bonds. The molecule has 2 aliphatic heterocycles. The lowest BCUT2D eigenvalue weighted by atomic mass is 9.77. The Balaban J connectivity index is 1.81. The molecule has 2 fully saturated rings. The molecule has 2 aliphatic rings. The number of carbonyl (C=O) groups is 1. The second-order valence-corrected chi connectivity index (χ2v) is 8.70. The first-order valence-electron chi connectivity index (χ1n) is 9.34. The van der Waals surface area contributed by atoms with E-state index in [-0.39, 0.29) is 38.0 Å². The molecule has 0 aromatic heterocycles. The summed E-state index contributed by atoms with van der Waals surface area (Å²) in [5.74, 6) is 0. The lowest BCUT2D eigenvalue weighted by Crippen LogP contribution is -2.64. The summed E-state index contributed by atoms with van der Waals surface area (Å²) < 4.78 is 50.9. The minimum atomic E-state index is -4.48. The van der Waals surface area contributed by atoms with Gasteiger partial charge in [0.25, 0.3) is 0 Å². The summed E-state index contributed by atoms with van der Waals surface area (Å²) in [7, 11) is 0. The van der Waals surface area contributed by atoms with Gasteiger partial charge in [-0.1, -0.05) is 18.2 Å². The molecule has 28 heavy (non-hydrogen) atoms. The first-order valence-corrected chi connectivity index (χ1v) is 9.34. The SMILES string of the molecule is CC(C)(C)OC(=O)N1C2COCC1CC(O)(Cc1ccccc1C(F)(F)F)C2. The number of aliphatic hydroxyl groups is 1. The number of benzene rings is 1. The second kappa shape index (κ2) is 7.22. The molecule has 1 N–H and O–H groups in total. The highest BCUT2D eigenvalue weighted by Crippen LogP contribution is 2.40. The third kappa shape index (κ3) is 4.60. The van der Waals surface area contributed by atoms with E-state index in [0.29, 0.717) is 0 Å². The average Bonchev–Trinajstić information content (AvgIpc) is 2.51. The van der Waals surface area contributed by atoms with Crippen LogP contribution in [0.2, 0.25) is 0 Å². The molecule has 0 saturated carbocycles. The van der Waals surface area contributed by atoms with Crippen LogP contribution in [-0.2, 0) is 22.1 Å². The Bertz CT molecular complexity index is 715. The number of halogens is 3. The third-order valence-electron chi connectivity index (χ3n) is 5.09. The number of fused-ring (bicyclic) bond motifs is 2. The van der Waals surface area contributed by atoms with E-state index in [1.54, 1.807) is 25.7 Å². The number of morpholine rings is 1. The molecular weight excluding hydrogens is 375 g/mol. The minimum absolute atomic E-state index is 0.0576. The van der Waals surface area contributed by atoms with Crippen LogP contribution in [0.25, 0.3) is 0 Å². The Morgan fingerprint density at radius 3 is 2.32 bits per heavy atom. The number of piperidine rings is 1. The summed E-state index contributed by atoms with van der Waals surface area (Å²) >= 11 is 0. The van der Waals surface area contributed by atoms with Gasteiger partial charge in [-0.2, -0.15) is 13.2 Å². The maximum absolute atomic E-state index is 13.3. The minimum Gasteiger partial charge on any atom is -0.444 e. The van der Waals surface area contributed by atoms with Crippen molar-refractivity contribution in [1.29, 1.82) is 0 Å². The number of hydrogen-bond donors (Lipinski definition) is 1. The van der Waals surface area contributed by atoms with E-state index >= 15 is 0 Å². The van der Waals surface area contributed by atoms with Crippen LogP contribution < -0.4 is 0 Å². The molecule has 2 heterocycles. The van der Waals surface area contributed by atoms with Crippen LogP contribution in [0.5, 0.6) is 0 Å². The molecule has 1 aromatic rings. The van der Waals surface area contributed by atoms with Gasteiger partial charge in [0.1, 0.15) is 5.60 Å². The van der Waals surface area contributed by atoms with E-state index in [1.165, 1.54) is 18.2 Å². The quantitative estimate of drug-likeness (QED) is 0.820.